The number of oxime groups is 1. The Hall–Kier alpha value is -4.39. The summed E-state index contributed by atoms with van der Waals surface area (Å²) in [5, 5.41) is 4.39. The van der Waals surface area contributed by atoms with E-state index in [-0.39, 0.29) is 5.91 Å². The van der Waals surface area contributed by atoms with Gasteiger partial charge in [-0.25, -0.2) is 4.98 Å². The van der Waals surface area contributed by atoms with Gasteiger partial charge in [-0.3, -0.25) is 4.79 Å². The second kappa shape index (κ2) is 13.1. The molecule has 0 radical (unpaired) electrons. The summed E-state index contributed by atoms with van der Waals surface area (Å²) in [7, 11) is 0. The topological polar surface area (TPSA) is 99.9 Å². The summed E-state index contributed by atoms with van der Waals surface area (Å²) in [6, 6.07) is 27.4. The lowest BCUT2D eigenvalue weighted by Gasteiger charge is -2.08. The highest BCUT2D eigenvalue weighted by Gasteiger charge is 2.12. The van der Waals surface area contributed by atoms with E-state index in [9.17, 15) is 4.79 Å². The van der Waals surface area contributed by atoms with Crippen molar-refractivity contribution in [3.8, 4) is 17.2 Å². The molecule has 0 aliphatic heterocycles. The fourth-order valence-electron chi connectivity index (χ4n) is 3.75. The van der Waals surface area contributed by atoms with E-state index in [1.807, 2.05) is 91.9 Å². The van der Waals surface area contributed by atoms with Crippen molar-refractivity contribution in [2.75, 3.05) is 0 Å². The van der Waals surface area contributed by atoms with Gasteiger partial charge in [0.15, 0.2) is 0 Å². The third kappa shape index (κ3) is 7.80. The van der Waals surface area contributed by atoms with Gasteiger partial charge in [-0.2, -0.15) is 0 Å². The Kier molecular flexibility index (Phi) is 9.07. The molecule has 7 nitrogen and oxygen atoms in total. The van der Waals surface area contributed by atoms with E-state index in [1.54, 1.807) is 0 Å². The van der Waals surface area contributed by atoms with Crippen molar-refractivity contribution in [1.82, 2.24) is 4.98 Å². The minimum atomic E-state index is -0.282. The van der Waals surface area contributed by atoms with Crippen LogP contribution in [0.15, 0.2) is 94.5 Å². The number of nitrogens with zero attached hydrogens (tertiary/aromatic N) is 2. The van der Waals surface area contributed by atoms with E-state index in [4.69, 9.17) is 19.7 Å². The molecule has 0 atom stereocenters. The number of carbonyl (C=O) groups is 1. The van der Waals surface area contributed by atoms with Gasteiger partial charge in [-0.1, -0.05) is 65.8 Å². The summed E-state index contributed by atoms with van der Waals surface area (Å²) in [5.74, 6) is 1.78. The molecule has 190 valence electrons. The molecule has 0 aliphatic carbocycles. The zero-order chi connectivity index (χ0) is 25.9. The monoisotopic (exact) mass is 497 g/mol. The van der Waals surface area contributed by atoms with Crippen LogP contribution in [-0.2, 0) is 22.8 Å². The summed E-state index contributed by atoms with van der Waals surface area (Å²) >= 11 is 0. The Morgan fingerprint density at radius 2 is 1.57 bits per heavy atom. The van der Waals surface area contributed by atoms with E-state index < -0.39 is 0 Å². The number of aryl methyl sites for hydroxylation is 1. The molecule has 7 heteroatoms. The SMILES string of the molecule is Cc1oc(-c2ccccc2)nc1COc1ccc(CON=C(CCCCC(N)=O)c2ccccc2)cc1. The van der Waals surface area contributed by atoms with Gasteiger partial charge in [-0.05, 0) is 61.6 Å². The van der Waals surface area contributed by atoms with Gasteiger partial charge >= 0.3 is 0 Å². The molecule has 37 heavy (non-hydrogen) atoms. The van der Waals surface area contributed by atoms with E-state index in [0.717, 1.165) is 52.4 Å². The number of oxazole rings is 1. The lowest BCUT2D eigenvalue weighted by Crippen LogP contribution is -2.10. The van der Waals surface area contributed by atoms with Crippen molar-refractivity contribution >= 4 is 11.6 Å². The van der Waals surface area contributed by atoms with Crippen molar-refractivity contribution in [2.45, 2.75) is 45.8 Å². The van der Waals surface area contributed by atoms with Gasteiger partial charge in [-0.15, -0.1) is 0 Å². The molecule has 4 rings (SSSR count). The van der Waals surface area contributed by atoms with Gasteiger partial charge in [0.05, 0.1) is 5.71 Å². The first-order valence-corrected chi connectivity index (χ1v) is 12.3. The first kappa shape index (κ1) is 25.7. The number of unbranched alkanes of at least 4 members (excludes halogenated alkanes) is 1. The average Bonchev–Trinajstić information content (AvgIpc) is 3.30. The Bertz CT molecular complexity index is 1300. The Morgan fingerprint density at radius 3 is 2.27 bits per heavy atom. The molecule has 0 unspecified atom stereocenters. The predicted molar refractivity (Wildman–Crippen MR) is 143 cm³/mol. The number of benzene rings is 3. The van der Waals surface area contributed by atoms with Crippen LogP contribution in [0.2, 0.25) is 0 Å². The lowest BCUT2D eigenvalue weighted by atomic mass is 10.0. The Balaban J connectivity index is 1.30. The van der Waals surface area contributed by atoms with Crippen molar-refractivity contribution in [3.63, 3.8) is 0 Å². The third-order valence-corrected chi connectivity index (χ3v) is 5.81. The summed E-state index contributed by atoms with van der Waals surface area (Å²) in [6.45, 7) is 2.54. The van der Waals surface area contributed by atoms with Crippen molar-refractivity contribution in [1.29, 1.82) is 0 Å². The number of amides is 1. The molecule has 0 saturated carbocycles. The zero-order valence-corrected chi connectivity index (χ0v) is 20.9. The fraction of sp³-hybridized carbons (Fsp3) is 0.233. The quantitative estimate of drug-likeness (QED) is 0.135. The number of carbonyl (C=O) groups excluding carboxylic acids is 1. The third-order valence-electron chi connectivity index (χ3n) is 5.81. The summed E-state index contributed by atoms with van der Waals surface area (Å²) < 4.78 is 11.7. The number of rotatable bonds is 13. The van der Waals surface area contributed by atoms with E-state index >= 15 is 0 Å². The van der Waals surface area contributed by atoms with Gasteiger partial charge < -0.3 is 19.7 Å². The van der Waals surface area contributed by atoms with E-state index in [1.165, 1.54) is 0 Å². The van der Waals surface area contributed by atoms with Crippen LogP contribution in [0.3, 0.4) is 0 Å². The highest BCUT2D eigenvalue weighted by atomic mass is 16.6. The van der Waals surface area contributed by atoms with Crippen LogP contribution in [0, 0.1) is 6.92 Å². The smallest absolute Gasteiger partial charge is 0.226 e. The molecular formula is C30H31N3O4. The van der Waals surface area contributed by atoms with Crippen LogP contribution >= 0.6 is 0 Å². The molecule has 0 aliphatic rings. The maximum absolute atomic E-state index is 11.0. The van der Waals surface area contributed by atoms with Crippen molar-refractivity contribution in [3.05, 3.63) is 108 Å². The lowest BCUT2D eigenvalue weighted by molar-refractivity contribution is -0.118. The molecule has 1 amide bonds. The Morgan fingerprint density at radius 1 is 0.892 bits per heavy atom. The number of primary amides is 1. The second-order valence-electron chi connectivity index (χ2n) is 8.67. The van der Waals surface area contributed by atoms with Crippen LogP contribution < -0.4 is 10.5 Å². The molecule has 2 N–H and O–H groups in total. The summed E-state index contributed by atoms with van der Waals surface area (Å²) in [6.07, 6.45) is 2.62. The average molecular weight is 498 g/mol. The minimum Gasteiger partial charge on any atom is -0.487 e. The van der Waals surface area contributed by atoms with Gasteiger partial charge in [0.2, 0.25) is 11.8 Å². The van der Waals surface area contributed by atoms with Crippen LogP contribution in [0.4, 0.5) is 0 Å². The van der Waals surface area contributed by atoms with Gasteiger partial charge in [0, 0.05) is 12.0 Å². The molecule has 4 aromatic rings. The molecule has 0 fully saturated rings. The molecule has 0 spiro atoms. The van der Waals surface area contributed by atoms with Gasteiger partial charge in [0.25, 0.3) is 0 Å². The van der Waals surface area contributed by atoms with E-state index in [0.29, 0.717) is 31.9 Å². The highest BCUT2D eigenvalue weighted by Crippen LogP contribution is 2.23. The molecule has 3 aromatic carbocycles. The maximum Gasteiger partial charge on any atom is 0.226 e. The number of hydrogen-bond acceptors (Lipinski definition) is 6. The van der Waals surface area contributed by atoms with Crippen molar-refractivity contribution < 1.29 is 18.8 Å². The van der Waals surface area contributed by atoms with Crippen LogP contribution in [0.25, 0.3) is 11.5 Å². The standard InChI is InChI=1S/C30H31N3O4/c1-22-28(32-30(37-22)25-12-6-3-7-13-25)21-35-26-18-16-23(17-19-26)20-36-33-27(14-8-9-15-29(31)34)24-10-4-2-5-11-24/h2-7,10-13,16-19H,8-9,14-15,20-21H2,1H3,(H2,31,34). The van der Waals surface area contributed by atoms with Crippen LogP contribution in [0.5, 0.6) is 5.75 Å². The summed E-state index contributed by atoms with van der Waals surface area (Å²) in [5.41, 5.74) is 9.77. The summed E-state index contributed by atoms with van der Waals surface area (Å²) in [4.78, 5) is 21.3. The molecule has 1 heterocycles. The first-order valence-electron chi connectivity index (χ1n) is 12.3. The highest BCUT2D eigenvalue weighted by molar-refractivity contribution is 6.00. The van der Waals surface area contributed by atoms with Crippen molar-refractivity contribution in [2.24, 2.45) is 10.9 Å². The predicted octanol–water partition coefficient (Wildman–Crippen LogP) is 6.20. The van der Waals surface area contributed by atoms with Crippen LogP contribution in [0.1, 0.15) is 48.3 Å². The molecular weight excluding hydrogens is 466 g/mol. The first-order chi connectivity index (χ1) is 18.1. The molecule has 0 saturated heterocycles. The largest absolute Gasteiger partial charge is 0.487 e. The number of nitrogens with two attached hydrogens (primary N) is 1. The van der Waals surface area contributed by atoms with Crippen LogP contribution in [-0.4, -0.2) is 16.6 Å². The normalized spacial score (nSPS) is 11.3. The maximum atomic E-state index is 11.0. The number of aromatic nitrogens is 1. The molecule has 0 bridgehead atoms. The Labute approximate surface area is 216 Å². The number of ether oxygens (including phenoxy) is 1. The minimum absolute atomic E-state index is 0.282. The van der Waals surface area contributed by atoms with Gasteiger partial charge in [0.1, 0.15) is 30.4 Å². The fourth-order valence-corrected chi connectivity index (χ4v) is 3.75. The van der Waals surface area contributed by atoms with E-state index in [2.05, 4.69) is 10.1 Å². The number of hydrogen-bond donors (Lipinski definition) is 1. The molecule has 1 aromatic heterocycles. The second-order valence-corrected chi connectivity index (χ2v) is 8.67. The zero-order valence-electron chi connectivity index (χ0n) is 20.9.